The Morgan fingerprint density at radius 3 is 2.88 bits per heavy atom. The van der Waals surface area contributed by atoms with E-state index < -0.39 is 11.8 Å². The molecule has 7 nitrogen and oxygen atoms in total. The molecule has 2 N–H and O–H groups in total. The molecule has 8 heteroatoms. The molecule has 3 atom stereocenters. The molecule has 32 heavy (non-hydrogen) atoms. The van der Waals surface area contributed by atoms with Crippen molar-refractivity contribution in [3.05, 3.63) is 23.3 Å². The fraction of sp³-hybridized carbons (Fsp3) is 0.667. The van der Waals surface area contributed by atoms with Crippen molar-refractivity contribution < 1.29 is 34.0 Å². The average Bonchev–Trinajstić information content (AvgIpc) is 3.32. The number of carbonyl (C=O) groups is 2. The van der Waals surface area contributed by atoms with Crippen molar-refractivity contribution in [2.45, 2.75) is 70.7 Å². The molecular weight excluding hydrogens is 432 g/mol. The van der Waals surface area contributed by atoms with Crippen molar-refractivity contribution in [1.82, 2.24) is 0 Å². The number of carboxylic acids is 1. The molecule has 0 radical (unpaired) electrons. The van der Waals surface area contributed by atoms with Crippen molar-refractivity contribution in [2.24, 2.45) is 5.92 Å². The van der Waals surface area contributed by atoms with E-state index in [0.717, 1.165) is 37.2 Å². The lowest BCUT2D eigenvalue weighted by molar-refractivity contribution is -0.162. The van der Waals surface area contributed by atoms with Gasteiger partial charge in [-0.2, -0.15) is 11.8 Å². The van der Waals surface area contributed by atoms with Gasteiger partial charge in [0.2, 0.25) is 0 Å². The standard InChI is InChI=1S/C24H34O7S/c1-3-5-20-21(7-6-19(16(2)25)23(20)28)29-10-4-11-32-15-18-14-30-24(31-18)9-8-17(13-24)12-22(26)27/h6-7,17-18,28H,3-5,8-15H2,1-2H3,(H,26,27). The zero-order valence-corrected chi connectivity index (χ0v) is 19.7. The van der Waals surface area contributed by atoms with Gasteiger partial charge >= 0.3 is 5.97 Å². The normalized spacial score (nSPS) is 24.8. The fourth-order valence-corrected chi connectivity index (χ4v) is 5.43. The van der Waals surface area contributed by atoms with Crippen LogP contribution in [0.15, 0.2) is 12.1 Å². The van der Waals surface area contributed by atoms with Crippen LogP contribution in [-0.2, 0) is 20.7 Å². The Hall–Kier alpha value is -1.77. The van der Waals surface area contributed by atoms with Gasteiger partial charge in [0.05, 0.1) is 24.9 Å². The van der Waals surface area contributed by atoms with Crippen LogP contribution in [0.4, 0.5) is 0 Å². The molecule has 1 heterocycles. The van der Waals surface area contributed by atoms with Gasteiger partial charge < -0.3 is 24.4 Å². The number of rotatable bonds is 12. The van der Waals surface area contributed by atoms with Gasteiger partial charge in [0.1, 0.15) is 11.5 Å². The van der Waals surface area contributed by atoms with E-state index in [9.17, 15) is 14.7 Å². The van der Waals surface area contributed by atoms with E-state index in [1.165, 1.54) is 6.92 Å². The lowest BCUT2D eigenvalue weighted by atomic mass is 10.0. The van der Waals surface area contributed by atoms with Gasteiger partial charge in [-0.1, -0.05) is 13.3 Å². The number of ether oxygens (including phenoxy) is 3. The first-order valence-corrected chi connectivity index (χ1v) is 12.6. The Bertz CT molecular complexity index is 812. The second-order valence-corrected chi connectivity index (χ2v) is 9.84. The number of ketones is 1. The monoisotopic (exact) mass is 466 g/mol. The first-order valence-electron chi connectivity index (χ1n) is 11.4. The van der Waals surface area contributed by atoms with Crippen LogP contribution in [0, 0.1) is 5.92 Å². The topological polar surface area (TPSA) is 102 Å². The number of hydrogen-bond donors (Lipinski definition) is 2. The SMILES string of the molecule is CCCc1c(OCCCSCC2COC3(CCC(CC(=O)O)C3)O2)ccc(C(C)=O)c1O. The predicted octanol–water partition coefficient (Wildman–Crippen LogP) is 4.44. The van der Waals surface area contributed by atoms with Crippen molar-refractivity contribution in [3.8, 4) is 11.5 Å². The molecule has 0 aromatic heterocycles. The summed E-state index contributed by atoms with van der Waals surface area (Å²) in [6, 6.07) is 3.40. The number of phenolic OH excluding ortho intramolecular Hbond substituents is 1. The van der Waals surface area contributed by atoms with Crippen LogP contribution in [0.5, 0.6) is 11.5 Å². The molecule has 3 unspecified atom stereocenters. The molecule has 2 fully saturated rings. The lowest BCUT2D eigenvalue weighted by Crippen LogP contribution is -2.28. The quantitative estimate of drug-likeness (QED) is 0.344. The summed E-state index contributed by atoms with van der Waals surface area (Å²) >= 11 is 1.79. The van der Waals surface area contributed by atoms with Gasteiger partial charge in [-0.3, -0.25) is 9.59 Å². The predicted molar refractivity (Wildman–Crippen MR) is 123 cm³/mol. The Morgan fingerprint density at radius 2 is 2.16 bits per heavy atom. The third kappa shape index (κ3) is 6.39. The van der Waals surface area contributed by atoms with E-state index in [0.29, 0.717) is 42.9 Å². The lowest BCUT2D eigenvalue weighted by Gasteiger charge is -2.22. The zero-order chi connectivity index (χ0) is 23.1. The Labute approximate surface area is 193 Å². The summed E-state index contributed by atoms with van der Waals surface area (Å²) in [5.41, 5.74) is 1.04. The fourth-order valence-electron chi connectivity index (χ4n) is 4.51. The summed E-state index contributed by atoms with van der Waals surface area (Å²) in [5, 5.41) is 19.4. The molecule has 0 amide bonds. The number of benzene rings is 1. The molecule has 1 aliphatic carbocycles. The molecule has 3 rings (SSSR count). The summed E-state index contributed by atoms with van der Waals surface area (Å²) in [6.07, 6.45) is 4.87. The first-order chi connectivity index (χ1) is 15.3. The molecule has 178 valence electrons. The largest absolute Gasteiger partial charge is 0.507 e. The van der Waals surface area contributed by atoms with Crippen LogP contribution in [0.2, 0.25) is 0 Å². The van der Waals surface area contributed by atoms with Crippen LogP contribution < -0.4 is 4.74 Å². The number of carbonyl (C=O) groups excluding carboxylic acids is 1. The third-order valence-electron chi connectivity index (χ3n) is 6.02. The number of hydrogen-bond acceptors (Lipinski definition) is 7. The van der Waals surface area contributed by atoms with Crippen LogP contribution in [-0.4, -0.2) is 58.6 Å². The highest BCUT2D eigenvalue weighted by molar-refractivity contribution is 7.99. The van der Waals surface area contributed by atoms with E-state index in [2.05, 4.69) is 0 Å². The summed E-state index contributed by atoms with van der Waals surface area (Å²) < 4.78 is 18.0. The van der Waals surface area contributed by atoms with Gasteiger partial charge in [0.15, 0.2) is 11.6 Å². The molecule has 1 spiro atoms. The van der Waals surface area contributed by atoms with Gasteiger partial charge in [-0.25, -0.2) is 0 Å². The summed E-state index contributed by atoms with van der Waals surface area (Å²) in [4.78, 5) is 22.6. The average molecular weight is 467 g/mol. The molecule has 1 saturated carbocycles. The second-order valence-electron chi connectivity index (χ2n) is 8.69. The molecule has 0 bridgehead atoms. The third-order valence-corrected chi connectivity index (χ3v) is 7.21. The first kappa shape index (κ1) is 24.9. The number of aromatic hydroxyl groups is 1. The van der Waals surface area contributed by atoms with Gasteiger partial charge in [0, 0.05) is 30.6 Å². The van der Waals surface area contributed by atoms with E-state index >= 15 is 0 Å². The molecule has 1 aromatic rings. The second kappa shape index (κ2) is 11.4. The van der Waals surface area contributed by atoms with E-state index in [1.807, 2.05) is 6.92 Å². The maximum Gasteiger partial charge on any atom is 0.303 e. The minimum atomic E-state index is -0.758. The van der Waals surface area contributed by atoms with Gasteiger partial charge in [-0.15, -0.1) is 0 Å². The number of aliphatic carboxylic acids is 1. The molecule has 1 aliphatic heterocycles. The molecular formula is C24H34O7S. The summed E-state index contributed by atoms with van der Waals surface area (Å²) in [7, 11) is 0. The minimum Gasteiger partial charge on any atom is -0.507 e. The van der Waals surface area contributed by atoms with Crippen molar-refractivity contribution in [2.75, 3.05) is 24.7 Å². The van der Waals surface area contributed by atoms with E-state index in [4.69, 9.17) is 19.3 Å². The smallest absolute Gasteiger partial charge is 0.303 e. The highest BCUT2D eigenvalue weighted by Gasteiger charge is 2.47. The summed E-state index contributed by atoms with van der Waals surface area (Å²) in [5.74, 6) is 1.08. The molecule has 1 aromatic carbocycles. The van der Waals surface area contributed by atoms with Gasteiger partial charge in [0.25, 0.3) is 0 Å². The van der Waals surface area contributed by atoms with Crippen LogP contribution in [0.3, 0.4) is 0 Å². The number of phenols is 1. The Morgan fingerprint density at radius 1 is 1.34 bits per heavy atom. The van der Waals surface area contributed by atoms with Crippen LogP contribution in [0.1, 0.15) is 68.3 Å². The highest BCUT2D eigenvalue weighted by atomic mass is 32.2. The Balaban J connectivity index is 1.37. The number of carboxylic acid groups (broad SMARTS) is 1. The molecule has 2 aliphatic rings. The van der Waals surface area contributed by atoms with Crippen molar-refractivity contribution >= 4 is 23.5 Å². The van der Waals surface area contributed by atoms with E-state index in [-0.39, 0.29) is 30.0 Å². The Kier molecular flexibility index (Phi) is 8.85. The summed E-state index contributed by atoms with van der Waals surface area (Å²) in [6.45, 7) is 4.57. The van der Waals surface area contributed by atoms with Crippen LogP contribution >= 0.6 is 11.8 Å². The number of Topliss-reactive ketones (excluding diaryl/α,β-unsaturated/α-hetero) is 1. The zero-order valence-electron chi connectivity index (χ0n) is 18.9. The maximum atomic E-state index is 11.7. The number of thioether (sulfide) groups is 1. The molecule has 1 saturated heterocycles. The van der Waals surface area contributed by atoms with Gasteiger partial charge in [-0.05, 0) is 50.0 Å². The highest BCUT2D eigenvalue weighted by Crippen LogP contribution is 2.44. The maximum absolute atomic E-state index is 11.7. The van der Waals surface area contributed by atoms with E-state index in [1.54, 1.807) is 23.9 Å². The minimum absolute atomic E-state index is 0.0380. The van der Waals surface area contributed by atoms with Crippen molar-refractivity contribution in [1.29, 1.82) is 0 Å². The van der Waals surface area contributed by atoms with Crippen molar-refractivity contribution in [3.63, 3.8) is 0 Å². The van der Waals surface area contributed by atoms with Crippen LogP contribution in [0.25, 0.3) is 0 Å².